The molecule has 0 N–H and O–H groups in total. The highest BCUT2D eigenvalue weighted by Crippen LogP contribution is 2.44. The first-order valence-corrected chi connectivity index (χ1v) is 5.90. The zero-order valence-electron chi connectivity index (χ0n) is 10.8. The number of methoxy groups -OCH3 is 2. The fraction of sp³-hybridized carbons (Fsp3) is 0.692. The molecule has 0 aromatic heterocycles. The van der Waals surface area contributed by atoms with Gasteiger partial charge in [0.05, 0.1) is 25.6 Å². The van der Waals surface area contributed by atoms with Gasteiger partial charge in [-0.15, -0.1) is 6.58 Å². The monoisotopic (exact) mass is 258 g/mol. The van der Waals surface area contributed by atoms with Gasteiger partial charge in [-0.3, -0.25) is 9.59 Å². The van der Waals surface area contributed by atoms with Gasteiger partial charge in [-0.2, -0.15) is 0 Å². The average Bonchev–Trinajstić information content (AvgIpc) is 2.36. The van der Waals surface area contributed by atoms with Crippen molar-refractivity contribution < 1.29 is 23.5 Å². The summed E-state index contributed by atoms with van der Waals surface area (Å²) in [6.07, 6.45) is 1.07. The number of carbonyl (C=O) groups is 2. The van der Waals surface area contributed by atoms with Crippen LogP contribution in [-0.4, -0.2) is 32.3 Å². The zero-order valence-corrected chi connectivity index (χ0v) is 10.8. The summed E-state index contributed by atoms with van der Waals surface area (Å²) in [5, 5.41) is 0. The van der Waals surface area contributed by atoms with E-state index in [1.165, 1.54) is 14.2 Å². The van der Waals surface area contributed by atoms with E-state index in [1.54, 1.807) is 6.08 Å². The molecule has 18 heavy (non-hydrogen) atoms. The first-order valence-electron chi connectivity index (χ1n) is 5.90. The van der Waals surface area contributed by atoms with Gasteiger partial charge in [-0.1, -0.05) is 6.08 Å². The predicted molar refractivity (Wildman–Crippen MR) is 63.5 cm³/mol. The maximum atomic E-state index is 13.8. The fourth-order valence-electron chi connectivity index (χ4n) is 2.71. The number of ether oxygens (including phenoxy) is 2. The minimum atomic E-state index is -1.21. The largest absolute Gasteiger partial charge is 0.469 e. The van der Waals surface area contributed by atoms with E-state index in [4.69, 9.17) is 4.74 Å². The SMILES string of the molecule is C=CCC1(C(=O)OC)CC(F)CC(C(=O)OC)C1. The number of hydrogen-bond acceptors (Lipinski definition) is 4. The van der Waals surface area contributed by atoms with Crippen LogP contribution in [0.25, 0.3) is 0 Å². The normalized spacial score (nSPS) is 31.5. The van der Waals surface area contributed by atoms with Gasteiger partial charge in [0, 0.05) is 0 Å². The van der Waals surface area contributed by atoms with E-state index < -0.39 is 29.4 Å². The molecule has 0 aromatic carbocycles. The number of allylic oxidation sites excluding steroid dienone is 1. The summed E-state index contributed by atoms with van der Waals surface area (Å²) in [5.41, 5.74) is -0.993. The van der Waals surface area contributed by atoms with Gasteiger partial charge < -0.3 is 9.47 Å². The van der Waals surface area contributed by atoms with E-state index in [0.29, 0.717) is 6.42 Å². The van der Waals surface area contributed by atoms with Crippen LogP contribution >= 0.6 is 0 Å². The van der Waals surface area contributed by atoms with Crippen LogP contribution in [0, 0.1) is 11.3 Å². The number of rotatable bonds is 4. The molecule has 102 valence electrons. The zero-order chi connectivity index (χ0) is 13.8. The first kappa shape index (κ1) is 14.7. The minimum absolute atomic E-state index is 0.0686. The number of halogens is 1. The van der Waals surface area contributed by atoms with E-state index in [-0.39, 0.29) is 19.3 Å². The van der Waals surface area contributed by atoms with Gasteiger partial charge in [-0.05, 0) is 25.7 Å². The molecule has 1 saturated carbocycles. The maximum absolute atomic E-state index is 13.8. The summed E-state index contributed by atoms with van der Waals surface area (Å²) in [7, 11) is 2.53. The molecule has 0 saturated heterocycles. The van der Waals surface area contributed by atoms with Gasteiger partial charge in [0.15, 0.2) is 0 Å². The van der Waals surface area contributed by atoms with Crippen LogP contribution in [0.5, 0.6) is 0 Å². The molecule has 0 heterocycles. The Bertz CT molecular complexity index is 342. The topological polar surface area (TPSA) is 52.6 Å². The Morgan fingerprint density at radius 2 is 2.06 bits per heavy atom. The van der Waals surface area contributed by atoms with E-state index >= 15 is 0 Å². The van der Waals surface area contributed by atoms with Gasteiger partial charge in [0.2, 0.25) is 0 Å². The second-order valence-electron chi connectivity index (χ2n) is 4.73. The highest BCUT2D eigenvalue weighted by atomic mass is 19.1. The Morgan fingerprint density at radius 1 is 1.39 bits per heavy atom. The lowest BCUT2D eigenvalue weighted by Crippen LogP contribution is -2.43. The lowest BCUT2D eigenvalue weighted by molar-refractivity contribution is -0.162. The third-order valence-electron chi connectivity index (χ3n) is 3.48. The van der Waals surface area contributed by atoms with Gasteiger partial charge in [0.1, 0.15) is 6.17 Å². The van der Waals surface area contributed by atoms with E-state index in [2.05, 4.69) is 11.3 Å². The highest BCUT2D eigenvalue weighted by molar-refractivity contribution is 5.80. The van der Waals surface area contributed by atoms with Crippen molar-refractivity contribution in [2.45, 2.75) is 31.9 Å². The smallest absolute Gasteiger partial charge is 0.312 e. The Hall–Kier alpha value is -1.39. The van der Waals surface area contributed by atoms with Crippen molar-refractivity contribution in [1.29, 1.82) is 0 Å². The van der Waals surface area contributed by atoms with Crippen LogP contribution in [0.3, 0.4) is 0 Å². The predicted octanol–water partition coefficient (Wildman–Crippen LogP) is 2.03. The molecule has 5 heteroatoms. The number of carbonyl (C=O) groups excluding carboxylic acids is 2. The van der Waals surface area contributed by atoms with Crippen LogP contribution in [0.2, 0.25) is 0 Å². The second kappa shape index (κ2) is 5.98. The minimum Gasteiger partial charge on any atom is -0.469 e. The lowest BCUT2D eigenvalue weighted by Gasteiger charge is -2.38. The van der Waals surface area contributed by atoms with E-state index in [9.17, 15) is 14.0 Å². The Labute approximate surface area is 106 Å². The Balaban J connectivity index is 2.98. The fourth-order valence-corrected chi connectivity index (χ4v) is 2.71. The molecule has 0 amide bonds. The molecule has 1 aliphatic carbocycles. The van der Waals surface area contributed by atoms with Gasteiger partial charge in [-0.25, -0.2) is 4.39 Å². The third kappa shape index (κ3) is 2.89. The molecule has 0 bridgehead atoms. The van der Waals surface area contributed by atoms with Crippen molar-refractivity contribution in [2.75, 3.05) is 14.2 Å². The van der Waals surface area contributed by atoms with Crippen LogP contribution in [0.1, 0.15) is 25.7 Å². The van der Waals surface area contributed by atoms with E-state index in [1.807, 2.05) is 0 Å². The Morgan fingerprint density at radius 3 is 2.56 bits per heavy atom. The summed E-state index contributed by atoms with van der Waals surface area (Å²) < 4.78 is 23.2. The number of alkyl halides is 1. The van der Waals surface area contributed by atoms with Crippen LogP contribution in [0.4, 0.5) is 4.39 Å². The standard InChI is InChI=1S/C13H19FO4/c1-4-5-13(12(16)18-3)7-9(11(15)17-2)6-10(14)8-13/h4,9-10H,1,5-8H2,2-3H3. The van der Waals surface area contributed by atoms with Gasteiger partial charge in [0.25, 0.3) is 0 Å². The third-order valence-corrected chi connectivity index (χ3v) is 3.48. The van der Waals surface area contributed by atoms with Crippen molar-refractivity contribution in [3.05, 3.63) is 12.7 Å². The Kier molecular flexibility index (Phi) is 4.87. The van der Waals surface area contributed by atoms with Crippen molar-refractivity contribution in [1.82, 2.24) is 0 Å². The average molecular weight is 258 g/mol. The van der Waals surface area contributed by atoms with Crippen LogP contribution in [-0.2, 0) is 19.1 Å². The molecule has 0 aliphatic heterocycles. The highest BCUT2D eigenvalue weighted by Gasteiger charge is 2.48. The molecule has 4 nitrogen and oxygen atoms in total. The molecule has 0 aromatic rings. The van der Waals surface area contributed by atoms with Crippen LogP contribution < -0.4 is 0 Å². The molecular formula is C13H19FO4. The molecule has 1 aliphatic rings. The lowest BCUT2D eigenvalue weighted by atomic mass is 9.67. The van der Waals surface area contributed by atoms with Crippen molar-refractivity contribution in [2.24, 2.45) is 11.3 Å². The van der Waals surface area contributed by atoms with Crippen molar-refractivity contribution in [3.8, 4) is 0 Å². The number of hydrogen-bond donors (Lipinski definition) is 0. The first-order chi connectivity index (χ1) is 8.49. The summed E-state index contributed by atoms with van der Waals surface area (Å²) in [4.78, 5) is 23.4. The molecule has 3 atom stereocenters. The van der Waals surface area contributed by atoms with Crippen molar-refractivity contribution >= 4 is 11.9 Å². The van der Waals surface area contributed by atoms with Crippen LogP contribution in [0.15, 0.2) is 12.7 Å². The molecule has 1 rings (SSSR count). The second-order valence-corrected chi connectivity index (χ2v) is 4.73. The molecular weight excluding hydrogens is 239 g/mol. The molecule has 1 fully saturated rings. The molecule has 3 unspecified atom stereocenters. The quantitative estimate of drug-likeness (QED) is 0.572. The molecule has 0 spiro atoms. The summed E-state index contributed by atoms with van der Waals surface area (Å²) in [5.74, 6) is -1.56. The molecule has 0 radical (unpaired) electrons. The summed E-state index contributed by atoms with van der Waals surface area (Å²) in [6, 6.07) is 0. The number of esters is 2. The summed E-state index contributed by atoms with van der Waals surface area (Å²) in [6.45, 7) is 3.59. The van der Waals surface area contributed by atoms with E-state index in [0.717, 1.165) is 0 Å². The van der Waals surface area contributed by atoms with Crippen molar-refractivity contribution in [3.63, 3.8) is 0 Å². The summed E-state index contributed by atoms with van der Waals surface area (Å²) >= 11 is 0. The maximum Gasteiger partial charge on any atom is 0.312 e. The van der Waals surface area contributed by atoms with Gasteiger partial charge >= 0.3 is 11.9 Å².